The van der Waals surface area contributed by atoms with Crippen molar-refractivity contribution in [3.63, 3.8) is 0 Å². The van der Waals surface area contributed by atoms with Gasteiger partial charge in [0, 0.05) is 4.88 Å². The van der Waals surface area contributed by atoms with Gasteiger partial charge in [0.2, 0.25) is 5.28 Å². The molecule has 2 aromatic heterocycles. The molecule has 0 amide bonds. The van der Waals surface area contributed by atoms with Gasteiger partial charge in [-0.15, -0.1) is 11.3 Å². The summed E-state index contributed by atoms with van der Waals surface area (Å²) in [4.78, 5) is 20.4. The fourth-order valence-electron chi connectivity index (χ4n) is 1.98. The van der Waals surface area contributed by atoms with Gasteiger partial charge in [0.15, 0.2) is 0 Å². The summed E-state index contributed by atoms with van der Waals surface area (Å²) < 4.78 is 0. The van der Waals surface area contributed by atoms with E-state index in [4.69, 9.17) is 11.6 Å². The van der Waals surface area contributed by atoms with E-state index in [0.29, 0.717) is 0 Å². The lowest BCUT2D eigenvalue weighted by atomic mass is 10.2. The van der Waals surface area contributed by atoms with Crippen molar-refractivity contribution < 1.29 is 0 Å². The fourth-order valence-corrected chi connectivity index (χ4v) is 3.46. The van der Waals surface area contributed by atoms with Gasteiger partial charge in [0.05, 0.1) is 5.39 Å². The van der Waals surface area contributed by atoms with Gasteiger partial charge in [-0.25, -0.2) is 4.98 Å². The van der Waals surface area contributed by atoms with Crippen LogP contribution in [0.3, 0.4) is 0 Å². The van der Waals surface area contributed by atoms with E-state index >= 15 is 0 Å². The van der Waals surface area contributed by atoms with Gasteiger partial charge in [-0.1, -0.05) is 0 Å². The molecule has 5 heteroatoms. The molecule has 0 radical (unpaired) electrons. The summed E-state index contributed by atoms with van der Waals surface area (Å²) in [6.45, 7) is 0. The van der Waals surface area contributed by atoms with Crippen molar-refractivity contribution in [2.75, 3.05) is 0 Å². The minimum Gasteiger partial charge on any atom is -0.297 e. The molecule has 0 saturated carbocycles. The molecule has 0 fully saturated rings. The zero-order valence-electron chi connectivity index (χ0n) is 7.26. The molecule has 0 aliphatic heterocycles. The third-order valence-electron chi connectivity index (χ3n) is 2.55. The highest BCUT2D eigenvalue weighted by Gasteiger charge is 2.20. The molecule has 2 aromatic rings. The van der Waals surface area contributed by atoms with Crippen LogP contribution in [0.5, 0.6) is 0 Å². The molecule has 3 nitrogen and oxygen atoms in total. The SMILES string of the molecule is O=c1[nH]c(Cl)nc2sc3c(c12)CCC3. The molecule has 0 aromatic carbocycles. The van der Waals surface area contributed by atoms with Gasteiger partial charge in [-0.2, -0.15) is 0 Å². The van der Waals surface area contributed by atoms with E-state index in [1.807, 2.05) is 0 Å². The van der Waals surface area contributed by atoms with Gasteiger partial charge in [-0.05, 0) is 36.4 Å². The summed E-state index contributed by atoms with van der Waals surface area (Å²) in [5, 5.41) is 0.939. The van der Waals surface area contributed by atoms with Gasteiger partial charge in [-0.3, -0.25) is 9.78 Å². The largest absolute Gasteiger partial charge is 0.297 e. The van der Waals surface area contributed by atoms with E-state index in [0.717, 1.165) is 29.5 Å². The topological polar surface area (TPSA) is 45.8 Å². The highest BCUT2D eigenvalue weighted by molar-refractivity contribution is 7.18. The zero-order valence-corrected chi connectivity index (χ0v) is 8.84. The molecule has 0 bridgehead atoms. The average Bonchev–Trinajstić information content (AvgIpc) is 2.60. The molecule has 0 atom stereocenters. The number of aryl methyl sites for hydroxylation is 2. The quantitative estimate of drug-likeness (QED) is 0.700. The van der Waals surface area contributed by atoms with E-state index in [-0.39, 0.29) is 10.8 Å². The van der Waals surface area contributed by atoms with E-state index in [1.54, 1.807) is 11.3 Å². The molecule has 3 rings (SSSR count). The zero-order chi connectivity index (χ0) is 9.71. The maximum absolute atomic E-state index is 11.6. The number of halogens is 1. The number of nitrogens with zero attached hydrogens (tertiary/aromatic N) is 1. The Bertz CT molecular complexity index is 572. The summed E-state index contributed by atoms with van der Waals surface area (Å²) in [5.74, 6) is 0. The highest BCUT2D eigenvalue weighted by atomic mass is 35.5. The second-order valence-electron chi connectivity index (χ2n) is 3.39. The third kappa shape index (κ3) is 1.04. The van der Waals surface area contributed by atoms with Crippen LogP contribution in [0, 0.1) is 0 Å². The Morgan fingerprint density at radius 1 is 1.43 bits per heavy atom. The minimum absolute atomic E-state index is 0.0978. The molecule has 0 saturated heterocycles. The van der Waals surface area contributed by atoms with E-state index in [9.17, 15) is 4.79 Å². The van der Waals surface area contributed by atoms with Crippen molar-refractivity contribution in [2.24, 2.45) is 0 Å². The van der Waals surface area contributed by atoms with Crippen molar-refractivity contribution in [1.29, 1.82) is 0 Å². The smallest absolute Gasteiger partial charge is 0.260 e. The summed E-state index contributed by atoms with van der Waals surface area (Å²) in [6, 6.07) is 0. The number of hydrogen-bond acceptors (Lipinski definition) is 3. The Balaban J connectivity index is 2.50. The number of nitrogens with one attached hydrogen (secondary N) is 1. The summed E-state index contributed by atoms with van der Waals surface area (Å²) in [5.41, 5.74) is 1.09. The lowest BCUT2D eigenvalue weighted by Gasteiger charge is -1.92. The first-order valence-electron chi connectivity index (χ1n) is 4.46. The number of H-pyrrole nitrogens is 1. The fraction of sp³-hybridized carbons (Fsp3) is 0.333. The minimum atomic E-state index is -0.0978. The Morgan fingerprint density at radius 3 is 3.14 bits per heavy atom. The number of aromatic amines is 1. The molecule has 14 heavy (non-hydrogen) atoms. The lowest BCUT2D eigenvalue weighted by Crippen LogP contribution is -2.07. The molecular formula is C9H7ClN2OS. The highest BCUT2D eigenvalue weighted by Crippen LogP contribution is 2.34. The van der Waals surface area contributed by atoms with Crippen LogP contribution in [0.4, 0.5) is 0 Å². The Labute approximate surface area is 88.7 Å². The molecule has 0 unspecified atom stereocenters. The summed E-state index contributed by atoms with van der Waals surface area (Å²) in [6.07, 6.45) is 3.23. The predicted octanol–water partition coefficient (Wildman–Crippen LogP) is 2.13. The number of aromatic nitrogens is 2. The van der Waals surface area contributed by atoms with Crippen LogP contribution in [-0.4, -0.2) is 9.97 Å². The molecule has 1 N–H and O–H groups in total. The van der Waals surface area contributed by atoms with E-state index in [1.165, 1.54) is 10.4 Å². The van der Waals surface area contributed by atoms with Gasteiger partial charge in [0.1, 0.15) is 4.83 Å². The third-order valence-corrected chi connectivity index (χ3v) is 3.91. The molecule has 2 heterocycles. The van der Waals surface area contributed by atoms with Crippen LogP contribution >= 0.6 is 22.9 Å². The van der Waals surface area contributed by atoms with Crippen LogP contribution < -0.4 is 5.56 Å². The van der Waals surface area contributed by atoms with Crippen molar-refractivity contribution >= 4 is 33.2 Å². The van der Waals surface area contributed by atoms with Crippen LogP contribution in [0.25, 0.3) is 10.2 Å². The molecule has 1 aliphatic rings. The first kappa shape index (κ1) is 8.44. The first-order chi connectivity index (χ1) is 6.75. The van der Waals surface area contributed by atoms with Crippen molar-refractivity contribution in [3.05, 3.63) is 26.1 Å². The Morgan fingerprint density at radius 2 is 2.29 bits per heavy atom. The van der Waals surface area contributed by atoms with Crippen LogP contribution in [0.2, 0.25) is 5.28 Å². The maximum atomic E-state index is 11.6. The molecule has 72 valence electrons. The number of fused-ring (bicyclic) bond motifs is 3. The first-order valence-corrected chi connectivity index (χ1v) is 5.65. The maximum Gasteiger partial charge on any atom is 0.260 e. The van der Waals surface area contributed by atoms with Crippen LogP contribution in [0.15, 0.2) is 4.79 Å². The standard InChI is InChI=1S/C9H7ClN2OS/c10-9-11-7(13)6-4-2-1-3-5(4)14-8(6)12-9/h1-3H2,(H,11,12,13). The number of rotatable bonds is 0. The Kier molecular flexibility index (Phi) is 1.69. The summed E-state index contributed by atoms with van der Waals surface area (Å²) in [7, 11) is 0. The Hall–Kier alpha value is -0.870. The van der Waals surface area contributed by atoms with Gasteiger partial charge < -0.3 is 0 Å². The molecule has 1 aliphatic carbocycles. The second-order valence-corrected chi connectivity index (χ2v) is 4.84. The second kappa shape index (κ2) is 2.81. The number of thiophene rings is 1. The number of hydrogen-bond donors (Lipinski definition) is 1. The predicted molar refractivity (Wildman–Crippen MR) is 57.3 cm³/mol. The van der Waals surface area contributed by atoms with Crippen molar-refractivity contribution in [2.45, 2.75) is 19.3 Å². The molecular weight excluding hydrogens is 220 g/mol. The summed E-state index contributed by atoms with van der Waals surface area (Å²) >= 11 is 7.29. The molecule has 0 spiro atoms. The van der Waals surface area contributed by atoms with Gasteiger partial charge >= 0.3 is 0 Å². The van der Waals surface area contributed by atoms with Crippen LogP contribution in [0.1, 0.15) is 16.9 Å². The van der Waals surface area contributed by atoms with E-state index < -0.39 is 0 Å². The monoisotopic (exact) mass is 226 g/mol. The van der Waals surface area contributed by atoms with Crippen molar-refractivity contribution in [1.82, 2.24) is 9.97 Å². The van der Waals surface area contributed by atoms with Gasteiger partial charge in [0.25, 0.3) is 5.56 Å². The van der Waals surface area contributed by atoms with Crippen molar-refractivity contribution in [3.8, 4) is 0 Å². The average molecular weight is 227 g/mol. The normalized spacial score (nSPS) is 14.9. The lowest BCUT2D eigenvalue weighted by molar-refractivity contribution is 0.916. The van der Waals surface area contributed by atoms with E-state index in [2.05, 4.69) is 9.97 Å². The van der Waals surface area contributed by atoms with Crippen LogP contribution in [-0.2, 0) is 12.8 Å².